The first-order chi connectivity index (χ1) is 10.5. The Morgan fingerprint density at radius 2 is 2.09 bits per heavy atom. The largest absolute Gasteiger partial charge is 0.327 e. The molecule has 2 aliphatic carbocycles. The summed E-state index contributed by atoms with van der Waals surface area (Å²) in [5.41, 5.74) is 7.70. The van der Waals surface area contributed by atoms with Crippen molar-refractivity contribution < 1.29 is 9.00 Å². The highest BCUT2D eigenvalue weighted by atomic mass is 35.5. The molecule has 23 heavy (non-hydrogen) atoms. The van der Waals surface area contributed by atoms with Crippen molar-refractivity contribution in [1.82, 2.24) is 0 Å². The van der Waals surface area contributed by atoms with E-state index in [1.54, 1.807) is 24.5 Å². The number of hydrogen-bond donors (Lipinski definition) is 2. The van der Waals surface area contributed by atoms with E-state index in [1.165, 1.54) is 0 Å². The minimum atomic E-state index is -0.974. The van der Waals surface area contributed by atoms with Crippen LogP contribution in [0.25, 0.3) is 0 Å². The molecule has 1 aromatic rings. The molecule has 3 rings (SSSR count). The highest BCUT2D eigenvalue weighted by Crippen LogP contribution is 2.47. The van der Waals surface area contributed by atoms with Crippen LogP contribution < -0.4 is 11.1 Å². The predicted octanol–water partition coefficient (Wildman–Crippen LogP) is 2.95. The number of nitrogens with two attached hydrogens (primary N) is 1. The van der Waals surface area contributed by atoms with Crippen molar-refractivity contribution >= 4 is 46.4 Å². The summed E-state index contributed by atoms with van der Waals surface area (Å²) < 4.78 is 11.4. The first-order valence-electron chi connectivity index (χ1n) is 7.60. The van der Waals surface area contributed by atoms with E-state index < -0.39 is 10.8 Å². The Morgan fingerprint density at radius 3 is 2.70 bits per heavy atom. The molecule has 2 aliphatic rings. The van der Waals surface area contributed by atoms with E-state index >= 15 is 0 Å². The molecule has 2 saturated carbocycles. The van der Waals surface area contributed by atoms with Crippen LogP contribution in [-0.4, -0.2) is 22.4 Å². The van der Waals surface area contributed by atoms with E-state index in [1.807, 2.05) is 0 Å². The second kappa shape index (κ2) is 7.51. The molecule has 5 unspecified atom stereocenters. The summed E-state index contributed by atoms with van der Waals surface area (Å²) in [6, 6.07) is 5.30. The number of halogens is 2. The van der Waals surface area contributed by atoms with E-state index in [-0.39, 0.29) is 30.3 Å². The van der Waals surface area contributed by atoms with Gasteiger partial charge in [0.15, 0.2) is 0 Å². The van der Waals surface area contributed by atoms with Gasteiger partial charge in [-0.05, 0) is 54.9 Å². The van der Waals surface area contributed by atoms with Gasteiger partial charge in [0.2, 0.25) is 5.91 Å². The molecule has 2 bridgehead atoms. The standard InChI is InChI=1S/C16H21ClN2O2S.ClH/c1-22(21)8-11-7-12(4-5-13(11)17)19-16(20)14-9-2-3-10(6-9)15(14)18;/h4-5,7,9-10,14-15H,2-3,6,8,18H2,1H3,(H,19,20);1H. The van der Waals surface area contributed by atoms with E-state index in [9.17, 15) is 9.00 Å². The number of nitrogens with one attached hydrogen (secondary N) is 1. The Bertz CT molecular complexity index is 624. The molecule has 0 spiro atoms. The van der Waals surface area contributed by atoms with Crippen LogP contribution in [-0.2, 0) is 21.3 Å². The third kappa shape index (κ3) is 3.90. The molecule has 7 heteroatoms. The van der Waals surface area contributed by atoms with Gasteiger partial charge in [0.1, 0.15) is 0 Å². The molecule has 0 heterocycles. The van der Waals surface area contributed by atoms with Crippen molar-refractivity contribution in [3.8, 4) is 0 Å². The minimum Gasteiger partial charge on any atom is -0.327 e. The number of fused-ring (bicyclic) bond motifs is 2. The summed E-state index contributed by atoms with van der Waals surface area (Å²) in [5, 5.41) is 3.54. The maximum Gasteiger partial charge on any atom is 0.229 e. The van der Waals surface area contributed by atoms with Gasteiger partial charge in [-0.15, -0.1) is 12.4 Å². The molecule has 4 nitrogen and oxygen atoms in total. The molecule has 5 atom stereocenters. The van der Waals surface area contributed by atoms with E-state index in [4.69, 9.17) is 17.3 Å². The number of benzene rings is 1. The summed E-state index contributed by atoms with van der Waals surface area (Å²) in [7, 11) is -0.974. The number of hydrogen-bond acceptors (Lipinski definition) is 3. The Hall–Kier alpha value is -0.620. The lowest BCUT2D eigenvalue weighted by Gasteiger charge is -2.27. The van der Waals surface area contributed by atoms with Gasteiger partial charge in [-0.2, -0.15) is 0 Å². The second-order valence-electron chi connectivity index (χ2n) is 6.45. The van der Waals surface area contributed by atoms with Crippen LogP contribution in [0, 0.1) is 17.8 Å². The van der Waals surface area contributed by atoms with Gasteiger partial charge in [0.25, 0.3) is 0 Å². The van der Waals surface area contributed by atoms with Crippen LogP contribution in [0.2, 0.25) is 5.02 Å². The van der Waals surface area contributed by atoms with Crippen LogP contribution >= 0.6 is 24.0 Å². The van der Waals surface area contributed by atoms with Crippen molar-refractivity contribution in [2.45, 2.75) is 31.1 Å². The van der Waals surface area contributed by atoms with Gasteiger partial charge >= 0.3 is 0 Å². The fourth-order valence-electron chi connectivity index (χ4n) is 3.93. The van der Waals surface area contributed by atoms with Crippen LogP contribution in [0.15, 0.2) is 18.2 Å². The molecule has 0 radical (unpaired) electrons. The van der Waals surface area contributed by atoms with Crippen LogP contribution in [0.4, 0.5) is 5.69 Å². The van der Waals surface area contributed by atoms with E-state index in [0.29, 0.717) is 28.3 Å². The fraction of sp³-hybridized carbons (Fsp3) is 0.562. The molecule has 0 aromatic heterocycles. The molecule has 128 valence electrons. The van der Waals surface area contributed by atoms with Gasteiger partial charge < -0.3 is 11.1 Å². The summed E-state index contributed by atoms with van der Waals surface area (Å²) >= 11 is 6.11. The van der Waals surface area contributed by atoms with Gasteiger partial charge in [0, 0.05) is 39.6 Å². The lowest BCUT2D eigenvalue weighted by Crippen LogP contribution is -2.42. The van der Waals surface area contributed by atoms with E-state index in [2.05, 4.69) is 5.32 Å². The lowest BCUT2D eigenvalue weighted by molar-refractivity contribution is -0.121. The Balaban J connectivity index is 0.00000192. The predicted molar refractivity (Wildman–Crippen MR) is 97.4 cm³/mol. The van der Waals surface area contributed by atoms with Gasteiger partial charge in [-0.3, -0.25) is 9.00 Å². The van der Waals surface area contributed by atoms with Gasteiger partial charge in [0.05, 0.1) is 5.92 Å². The third-order valence-electron chi connectivity index (χ3n) is 4.96. The number of anilines is 1. The Kier molecular flexibility index (Phi) is 6.11. The van der Waals surface area contributed by atoms with Crippen molar-refractivity contribution in [2.75, 3.05) is 11.6 Å². The summed E-state index contributed by atoms with van der Waals surface area (Å²) in [6.07, 6.45) is 4.98. The molecular formula is C16H22Cl2N2O2S. The third-order valence-corrected chi connectivity index (χ3v) is 6.04. The van der Waals surface area contributed by atoms with E-state index in [0.717, 1.165) is 24.8 Å². The zero-order valence-electron chi connectivity index (χ0n) is 13.0. The van der Waals surface area contributed by atoms with Gasteiger partial charge in [-0.25, -0.2) is 0 Å². The topological polar surface area (TPSA) is 72.2 Å². The molecule has 2 fully saturated rings. The van der Waals surface area contributed by atoms with Crippen LogP contribution in [0.5, 0.6) is 0 Å². The smallest absolute Gasteiger partial charge is 0.229 e. The van der Waals surface area contributed by atoms with Crippen molar-refractivity contribution in [1.29, 1.82) is 0 Å². The first kappa shape index (κ1) is 18.7. The molecule has 0 aliphatic heterocycles. The number of carbonyl (C=O) groups is 1. The number of rotatable bonds is 4. The summed E-state index contributed by atoms with van der Waals surface area (Å²) in [4.78, 5) is 12.5. The highest BCUT2D eigenvalue weighted by molar-refractivity contribution is 7.83. The first-order valence-corrected chi connectivity index (χ1v) is 9.71. The highest BCUT2D eigenvalue weighted by Gasteiger charge is 2.49. The van der Waals surface area contributed by atoms with Crippen molar-refractivity contribution in [3.05, 3.63) is 28.8 Å². The minimum absolute atomic E-state index is 0. The Morgan fingerprint density at radius 1 is 1.39 bits per heavy atom. The molecule has 1 aromatic carbocycles. The zero-order chi connectivity index (χ0) is 15.9. The number of amides is 1. The summed E-state index contributed by atoms with van der Waals surface area (Å²) in [5.74, 6) is 1.23. The monoisotopic (exact) mass is 376 g/mol. The van der Waals surface area contributed by atoms with Gasteiger partial charge in [-0.1, -0.05) is 11.6 Å². The van der Waals surface area contributed by atoms with Crippen LogP contribution in [0.1, 0.15) is 24.8 Å². The van der Waals surface area contributed by atoms with Crippen molar-refractivity contribution in [3.63, 3.8) is 0 Å². The van der Waals surface area contributed by atoms with Crippen molar-refractivity contribution in [2.24, 2.45) is 23.5 Å². The molecule has 3 N–H and O–H groups in total. The SMILES string of the molecule is CS(=O)Cc1cc(NC(=O)C2C3CCC(C3)C2N)ccc1Cl.Cl. The lowest BCUT2D eigenvalue weighted by atomic mass is 9.84. The zero-order valence-corrected chi connectivity index (χ0v) is 15.3. The average Bonchev–Trinajstić information content (AvgIpc) is 3.02. The molecular weight excluding hydrogens is 355 g/mol. The quantitative estimate of drug-likeness (QED) is 0.848. The van der Waals surface area contributed by atoms with Crippen LogP contribution in [0.3, 0.4) is 0 Å². The fourth-order valence-corrected chi connectivity index (χ4v) is 4.87. The average molecular weight is 377 g/mol. The molecule has 1 amide bonds. The Labute approximate surface area is 150 Å². The maximum absolute atomic E-state index is 12.5. The summed E-state index contributed by atoms with van der Waals surface area (Å²) in [6.45, 7) is 0. The number of carbonyl (C=O) groups excluding carboxylic acids is 1. The molecule has 0 saturated heterocycles. The second-order valence-corrected chi connectivity index (χ2v) is 8.29. The normalized spacial score (nSPS) is 29.9. The maximum atomic E-state index is 12.5.